The Morgan fingerprint density at radius 2 is 1.65 bits per heavy atom. The molecular formula is C17H17Br2Cl. The number of hydrogen-bond donors (Lipinski definition) is 0. The van der Waals surface area contributed by atoms with Crippen molar-refractivity contribution in [2.45, 2.75) is 18.8 Å². The van der Waals surface area contributed by atoms with Crippen LogP contribution in [-0.2, 0) is 11.8 Å². The highest BCUT2D eigenvalue weighted by molar-refractivity contribution is 9.09. The van der Waals surface area contributed by atoms with Crippen molar-refractivity contribution >= 4 is 43.5 Å². The standard InChI is InChI=1S/C17H17Br2Cl/c1-13-7-8-14(16(20)9-13)10-17(11-18,12-19)15-5-3-2-4-6-15/h2-9H,10-12H2,1H3. The summed E-state index contributed by atoms with van der Waals surface area (Å²) in [6.45, 7) is 2.06. The Kier molecular flexibility index (Phi) is 5.71. The molecule has 20 heavy (non-hydrogen) atoms. The Hall–Kier alpha value is -0.310. The van der Waals surface area contributed by atoms with Crippen LogP contribution >= 0.6 is 43.5 Å². The van der Waals surface area contributed by atoms with Gasteiger partial charge >= 0.3 is 0 Å². The predicted molar refractivity (Wildman–Crippen MR) is 95.6 cm³/mol. The van der Waals surface area contributed by atoms with Gasteiger partial charge in [-0.05, 0) is 36.1 Å². The molecule has 0 aliphatic carbocycles. The molecule has 0 aliphatic rings. The van der Waals surface area contributed by atoms with Crippen molar-refractivity contribution in [3.05, 3.63) is 70.2 Å². The number of hydrogen-bond acceptors (Lipinski definition) is 0. The molecule has 0 saturated heterocycles. The smallest absolute Gasteiger partial charge is 0.0440 e. The van der Waals surface area contributed by atoms with Gasteiger partial charge in [0.05, 0.1) is 0 Å². The fourth-order valence-electron chi connectivity index (χ4n) is 2.34. The van der Waals surface area contributed by atoms with E-state index in [9.17, 15) is 0 Å². The van der Waals surface area contributed by atoms with Gasteiger partial charge in [0.15, 0.2) is 0 Å². The van der Waals surface area contributed by atoms with E-state index in [1.807, 2.05) is 6.07 Å². The van der Waals surface area contributed by atoms with Gasteiger partial charge in [-0.2, -0.15) is 0 Å². The maximum Gasteiger partial charge on any atom is 0.0440 e. The molecule has 2 aromatic carbocycles. The highest BCUT2D eigenvalue weighted by Gasteiger charge is 2.31. The molecule has 2 rings (SSSR count). The Labute approximate surface area is 142 Å². The first kappa shape index (κ1) is 16.1. The van der Waals surface area contributed by atoms with Crippen LogP contribution in [0.1, 0.15) is 16.7 Å². The van der Waals surface area contributed by atoms with Crippen LogP contribution in [-0.4, -0.2) is 10.7 Å². The topological polar surface area (TPSA) is 0 Å². The molecule has 2 aromatic rings. The molecular weight excluding hydrogens is 399 g/mol. The van der Waals surface area contributed by atoms with Gasteiger partial charge in [0.2, 0.25) is 0 Å². The molecule has 0 fully saturated rings. The van der Waals surface area contributed by atoms with Crippen LogP contribution in [0.15, 0.2) is 48.5 Å². The van der Waals surface area contributed by atoms with E-state index >= 15 is 0 Å². The Balaban J connectivity index is 2.39. The number of halogens is 3. The first-order valence-electron chi connectivity index (χ1n) is 6.54. The summed E-state index contributed by atoms with van der Waals surface area (Å²) in [7, 11) is 0. The van der Waals surface area contributed by atoms with Gasteiger partial charge in [0.1, 0.15) is 0 Å². The summed E-state index contributed by atoms with van der Waals surface area (Å²) in [5, 5.41) is 2.63. The average molecular weight is 417 g/mol. The fourth-order valence-corrected chi connectivity index (χ4v) is 4.61. The second-order valence-corrected chi connectivity index (χ2v) is 6.71. The quantitative estimate of drug-likeness (QED) is 0.531. The summed E-state index contributed by atoms with van der Waals surface area (Å²) in [6, 6.07) is 16.9. The third-order valence-corrected chi connectivity index (χ3v) is 6.13. The van der Waals surface area contributed by atoms with Crippen molar-refractivity contribution in [2.75, 3.05) is 10.7 Å². The van der Waals surface area contributed by atoms with Crippen molar-refractivity contribution < 1.29 is 0 Å². The minimum absolute atomic E-state index is 0.0140. The normalized spacial score (nSPS) is 11.6. The summed E-state index contributed by atoms with van der Waals surface area (Å²) < 4.78 is 0. The Morgan fingerprint density at radius 3 is 2.20 bits per heavy atom. The monoisotopic (exact) mass is 414 g/mol. The van der Waals surface area contributed by atoms with Crippen molar-refractivity contribution in [2.24, 2.45) is 0 Å². The molecule has 0 spiro atoms. The van der Waals surface area contributed by atoms with E-state index < -0.39 is 0 Å². The van der Waals surface area contributed by atoms with Crippen molar-refractivity contribution in [3.63, 3.8) is 0 Å². The molecule has 0 unspecified atom stereocenters. The van der Waals surface area contributed by atoms with Gasteiger partial charge in [-0.3, -0.25) is 0 Å². The minimum Gasteiger partial charge on any atom is -0.0918 e. The van der Waals surface area contributed by atoms with Crippen molar-refractivity contribution in [3.8, 4) is 0 Å². The van der Waals surface area contributed by atoms with Gasteiger partial charge in [-0.1, -0.05) is 85.9 Å². The molecule has 0 bridgehead atoms. The van der Waals surface area contributed by atoms with Gasteiger partial charge in [-0.25, -0.2) is 0 Å². The summed E-state index contributed by atoms with van der Waals surface area (Å²) in [6.07, 6.45) is 0.909. The Bertz CT molecular complexity index is 562. The molecule has 0 aromatic heterocycles. The molecule has 0 atom stereocenters. The molecule has 0 radical (unpaired) electrons. The van der Waals surface area contributed by atoms with E-state index in [1.54, 1.807) is 0 Å². The van der Waals surface area contributed by atoms with Crippen LogP contribution in [0, 0.1) is 6.92 Å². The van der Waals surface area contributed by atoms with Crippen molar-refractivity contribution in [1.82, 2.24) is 0 Å². The SMILES string of the molecule is Cc1ccc(CC(CBr)(CBr)c2ccccc2)c(Cl)c1. The van der Waals surface area contributed by atoms with Crippen molar-refractivity contribution in [1.29, 1.82) is 0 Å². The number of aryl methyl sites for hydroxylation is 1. The first-order valence-corrected chi connectivity index (χ1v) is 9.16. The molecule has 0 nitrogen and oxygen atoms in total. The molecule has 3 heteroatoms. The lowest BCUT2D eigenvalue weighted by molar-refractivity contribution is 0.551. The van der Waals surface area contributed by atoms with E-state index in [0.29, 0.717) is 0 Å². The molecule has 0 N–H and O–H groups in total. The van der Waals surface area contributed by atoms with Crippen LogP contribution < -0.4 is 0 Å². The lowest BCUT2D eigenvalue weighted by atomic mass is 9.79. The fraction of sp³-hybridized carbons (Fsp3) is 0.294. The largest absolute Gasteiger partial charge is 0.0918 e. The second kappa shape index (κ2) is 7.11. The van der Waals surface area contributed by atoms with Crippen LogP contribution in [0.25, 0.3) is 0 Å². The second-order valence-electron chi connectivity index (χ2n) is 5.19. The number of benzene rings is 2. The van der Waals surface area contributed by atoms with Crippen LogP contribution in [0.5, 0.6) is 0 Å². The maximum absolute atomic E-state index is 6.41. The summed E-state index contributed by atoms with van der Waals surface area (Å²) in [5.41, 5.74) is 3.73. The maximum atomic E-state index is 6.41. The van der Waals surface area contributed by atoms with E-state index in [2.05, 4.69) is 81.2 Å². The van der Waals surface area contributed by atoms with Gasteiger partial charge in [-0.15, -0.1) is 0 Å². The van der Waals surface area contributed by atoms with E-state index in [4.69, 9.17) is 11.6 Å². The first-order chi connectivity index (χ1) is 9.61. The number of rotatable bonds is 5. The van der Waals surface area contributed by atoms with Crippen LogP contribution in [0.2, 0.25) is 5.02 Å². The molecule has 0 saturated carbocycles. The predicted octanol–water partition coefficient (Wildman–Crippen LogP) is 5.92. The third-order valence-electron chi connectivity index (χ3n) is 3.64. The van der Waals surface area contributed by atoms with E-state index in [1.165, 1.54) is 16.7 Å². The van der Waals surface area contributed by atoms with Crippen LogP contribution in [0.4, 0.5) is 0 Å². The molecule has 0 amide bonds. The average Bonchev–Trinajstić information content (AvgIpc) is 2.48. The highest BCUT2D eigenvalue weighted by Crippen LogP contribution is 2.34. The van der Waals surface area contributed by atoms with Gasteiger partial charge in [0, 0.05) is 21.1 Å². The van der Waals surface area contributed by atoms with E-state index in [0.717, 1.165) is 22.1 Å². The van der Waals surface area contributed by atoms with Crippen LogP contribution in [0.3, 0.4) is 0 Å². The zero-order chi connectivity index (χ0) is 14.6. The highest BCUT2D eigenvalue weighted by atomic mass is 79.9. The summed E-state index contributed by atoms with van der Waals surface area (Å²) >= 11 is 13.8. The Morgan fingerprint density at radius 1 is 1.00 bits per heavy atom. The molecule has 0 heterocycles. The summed E-state index contributed by atoms with van der Waals surface area (Å²) in [5.74, 6) is 0. The van der Waals surface area contributed by atoms with E-state index in [-0.39, 0.29) is 5.41 Å². The lowest BCUT2D eigenvalue weighted by Gasteiger charge is -2.31. The molecule has 0 aliphatic heterocycles. The molecule has 106 valence electrons. The zero-order valence-electron chi connectivity index (χ0n) is 11.4. The lowest BCUT2D eigenvalue weighted by Crippen LogP contribution is -2.33. The third kappa shape index (κ3) is 3.47. The summed E-state index contributed by atoms with van der Waals surface area (Å²) in [4.78, 5) is 0. The zero-order valence-corrected chi connectivity index (χ0v) is 15.3. The minimum atomic E-state index is 0.0140. The number of alkyl halides is 2. The van der Waals surface area contributed by atoms with Gasteiger partial charge in [0.25, 0.3) is 0 Å². The van der Waals surface area contributed by atoms with Gasteiger partial charge < -0.3 is 0 Å².